The van der Waals surface area contributed by atoms with E-state index >= 15 is 0 Å². The summed E-state index contributed by atoms with van der Waals surface area (Å²) in [6, 6.07) is 0. The van der Waals surface area contributed by atoms with E-state index in [-0.39, 0.29) is 5.78 Å². The summed E-state index contributed by atoms with van der Waals surface area (Å²) in [6.45, 7) is 0. The van der Waals surface area contributed by atoms with Crippen LogP contribution in [0.2, 0.25) is 0 Å². The first-order valence-electron chi connectivity index (χ1n) is 4.52. The van der Waals surface area contributed by atoms with E-state index in [1.54, 1.807) is 6.08 Å². The van der Waals surface area contributed by atoms with E-state index in [9.17, 15) is 4.79 Å². The van der Waals surface area contributed by atoms with Gasteiger partial charge in [0.05, 0.1) is 5.92 Å². The van der Waals surface area contributed by atoms with Crippen LogP contribution >= 0.6 is 0 Å². The van der Waals surface area contributed by atoms with Crippen LogP contribution in [0.25, 0.3) is 0 Å². The summed E-state index contributed by atoms with van der Waals surface area (Å²) in [5.41, 5.74) is 0. The lowest BCUT2D eigenvalue weighted by Gasteiger charge is -2.02. The number of hydrogen-bond donors (Lipinski definition) is 0. The number of rotatable bonds is 3. The Kier molecular flexibility index (Phi) is 3.39. The van der Waals surface area contributed by atoms with Crippen LogP contribution in [0, 0.1) is 63.2 Å². The van der Waals surface area contributed by atoms with Gasteiger partial charge in [0.15, 0.2) is 5.78 Å². The Hall–Kier alpha value is -0.590. The van der Waals surface area contributed by atoms with Crippen LogP contribution in [0.15, 0.2) is 12.2 Å². The molecule has 0 aromatic rings. The second kappa shape index (κ2) is 4.77. The normalized spacial score (nSPS) is 25.1. The molecule has 0 aromatic heterocycles. The third-order valence-corrected chi connectivity index (χ3v) is 2.06. The third kappa shape index (κ3) is 2.46. The van der Waals surface area contributed by atoms with Crippen LogP contribution in [-0.4, -0.2) is 5.78 Å². The Morgan fingerprint density at radius 1 is 0.929 bits per heavy atom. The summed E-state index contributed by atoms with van der Waals surface area (Å²) in [4.78, 5) is 11.5. The lowest BCUT2D eigenvalue weighted by molar-refractivity contribution is -0.112. The molecule has 0 atom stereocenters. The van der Waals surface area contributed by atoms with Crippen LogP contribution in [0.3, 0.4) is 0 Å². The summed E-state index contributed by atoms with van der Waals surface area (Å²) in [6.07, 6.45) is 18.6. The predicted octanol–water partition coefficient (Wildman–Crippen LogP) is 1.92. The monoisotopic (exact) mass is 182 g/mol. The van der Waals surface area contributed by atoms with Gasteiger partial charge in [-0.15, -0.1) is 0 Å². The van der Waals surface area contributed by atoms with Crippen LogP contribution in [0.4, 0.5) is 0 Å². The largest absolute Gasteiger partial charge is 0.294 e. The van der Waals surface area contributed by atoms with Gasteiger partial charge in [0, 0.05) is 5.92 Å². The van der Waals surface area contributed by atoms with Gasteiger partial charge in [-0.2, -0.15) is 0 Å². The van der Waals surface area contributed by atoms with Crippen molar-refractivity contribution in [1.29, 1.82) is 0 Å². The number of carbonyl (C=O) groups excluding carboxylic acids is 1. The third-order valence-electron chi connectivity index (χ3n) is 2.06. The minimum Gasteiger partial charge on any atom is -0.294 e. The quantitative estimate of drug-likeness (QED) is 0.609. The van der Waals surface area contributed by atoms with Gasteiger partial charge in [0.25, 0.3) is 0 Å². The van der Waals surface area contributed by atoms with Crippen molar-refractivity contribution in [3.05, 3.63) is 75.4 Å². The first-order valence-corrected chi connectivity index (χ1v) is 4.52. The van der Waals surface area contributed by atoms with Gasteiger partial charge in [-0.1, -0.05) is 6.08 Å². The first kappa shape index (κ1) is 9.95. The molecule has 0 bridgehead atoms. The minimum atomic E-state index is 0.0520. The molecule has 0 amide bonds. The van der Waals surface area contributed by atoms with Crippen molar-refractivity contribution in [2.24, 2.45) is 0 Å². The highest BCUT2D eigenvalue weighted by atomic mass is 16.1. The Morgan fingerprint density at radius 3 is 2.14 bits per heavy atom. The SMILES string of the molecule is O=C(/C=C/[C]1[CH][CH][CH][CH]1)[C]1[CH][CH][CH][CH]1. The molecular weight excluding hydrogens is 172 g/mol. The van der Waals surface area contributed by atoms with Gasteiger partial charge in [0.2, 0.25) is 0 Å². The number of carbonyl (C=O) groups is 1. The molecule has 10 radical (unpaired) electrons. The maximum Gasteiger partial charge on any atom is 0.163 e. The first-order chi connectivity index (χ1) is 6.86. The molecule has 14 heavy (non-hydrogen) atoms. The van der Waals surface area contributed by atoms with Gasteiger partial charge < -0.3 is 0 Å². The molecule has 2 rings (SSSR count). The van der Waals surface area contributed by atoms with Gasteiger partial charge in [-0.05, 0) is 57.4 Å². The van der Waals surface area contributed by atoms with Crippen LogP contribution in [0.1, 0.15) is 0 Å². The highest BCUT2D eigenvalue weighted by Gasteiger charge is 2.23. The molecule has 2 saturated carbocycles. The fraction of sp³-hybridized carbons (Fsp3) is 0. The van der Waals surface area contributed by atoms with E-state index in [4.69, 9.17) is 0 Å². The number of ketones is 1. The van der Waals surface area contributed by atoms with E-state index in [0.717, 1.165) is 11.8 Å². The van der Waals surface area contributed by atoms with Crippen molar-refractivity contribution < 1.29 is 4.79 Å². The topological polar surface area (TPSA) is 17.1 Å². The van der Waals surface area contributed by atoms with Crippen molar-refractivity contribution in [1.82, 2.24) is 0 Å². The van der Waals surface area contributed by atoms with E-state index in [0.29, 0.717) is 0 Å². The average Bonchev–Trinajstić information content (AvgIpc) is 2.87. The molecule has 0 saturated heterocycles. The minimum absolute atomic E-state index is 0.0520. The van der Waals surface area contributed by atoms with Gasteiger partial charge in [-0.3, -0.25) is 4.79 Å². The van der Waals surface area contributed by atoms with E-state index in [1.807, 2.05) is 57.4 Å². The Morgan fingerprint density at radius 2 is 1.50 bits per heavy atom. The van der Waals surface area contributed by atoms with Crippen molar-refractivity contribution in [2.75, 3.05) is 0 Å². The Balaban J connectivity index is 1.80. The zero-order valence-electron chi connectivity index (χ0n) is 7.68. The number of hydrogen-bond acceptors (Lipinski definition) is 1. The summed E-state index contributed by atoms with van der Waals surface area (Å²) < 4.78 is 0. The zero-order chi connectivity index (χ0) is 9.80. The van der Waals surface area contributed by atoms with Gasteiger partial charge >= 0.3 is 0 Å². The molecule has 0 N–H and O–H groups in total. The summed E-state index contributed by atoms with van der Waals surface area (Å²) in [7, 11) is 0. The van der Waals surface area contributed by atoms with Crippen molar-refractivity contribution in [3.63, 3.8) is 0 Å². The van der Waals surface area contributed by atoms with Crippen molar-refractivity contribution >= 4 is 5.78 Å². The fourth-order valence-electron chi connectivity index (χ4n) is 1.31. The molecule has 2 aliphatic rings. The fourth-order valence-corrected chi connectivity index (χ4v) is 1.31. The zero-order valence-corrected chi connectivity index (χ0v) is 7.68. The summed E-state index contributed by atoms with van der Waals surface area (Å²) in [5.74, 6) is 1.86. The number of allylic oxidation sites excluding steroid dienone is 2. The smallest absolute Gasteiger partial charge is 0.163 e. The van der Waals surface area contributed by atoms with Crippen LogP contribution in [-0.2, 0) is 4.79 Å². The Bertz CT molecular complexity index is 217. The molecule has 68 valence electrons. The molecule has 2 fully saturated rings. The average molecular weight is 182 g/mol. The van der Waals surface area contributed by atoms with E-state index in [1.165, 1.54) is 0 Å². The molecule has 0 aliphatic heterocycles. The molecule has 0 heterocycles. The lowest BCUT2D eigenvalue weighted by atomic mass is 10.00. The highest BCUT2D eigenvalue weighted by molar-refractivity contribution is 6.05. The molecular formula is C13H10O. The molecule has 0 aromatic carbocycles. The van der Waals surface area contributed by atoms with Gasteiger partial charge in [-0.25, -0.2) is 0 Å². The lowest BCUT2D eigenvalue weighted by Crippen LogP contribution is -2.06. The highest BCUT2D eigenvalue weighted by Crippen LogP contribution is 2.26. The predicted molar refractivity (Wildman–Crippen MR) is 55.0 cm³/mol. The van der Waals surface area contributed by atoms with Crippen molar-refractivity contribution in [3.8, 4) is 0 Å². The van der Waals surface area contributed by atoms with E-state index in [2.05, 4.69) is 0 Å². The molecule has 2 aliphatic carbocycles. The standard InChI is InChI=1S/C13H10O/c14-13(12-7-3-4-8-12)10-9-11-5-1-2-6-11/h1-10H/b10-9+. The second-order valence-corrected chi connectivity index (χ2v) is 3.09. The Labute approximate surface area is 86.6 Å². The molecule has 1 heteroatoms. The van der Waals surface area contributed by atoms with Crippen molar-refractivity contribution in [2.45, 2.75) is 0 Å². The summed E-state index contributed by atoms with van der Waals surface area (Å²) in [5, 5.41) is 0. The molecule has 1 nitrogen and oxygen atoms in total. The van der Waals surface area contributed by atoms with Gasteiger partial charge in [0.1, 0.15) is 0 Å². The van der Waals surface area contributed by atoms with Crippen LogP contribution in [0.5, 0.6) is 0 Å². The second-order valence-electron chi connectivity index (χ2n) is 3.09. The maximum absolute atomic E-state index is 11.5. The maximum atomic E-state index is 11.5. The summed E-state index contributed by atoms with van der Waals surface area (Å²) >= 11 is 0. The van der Waals surface area contributed by atoms with E-state index < -0.39 is 0 Å². The van der Waals surface area contributed by atoms with Crippen LogP contribution < -0.4 is 0 Å². The molecule has 0 unspecified atom stereocenters. The molecule has 0 spiro atoms.